The molecule has 0 bridgehead atoms. The fourth-order valence-electron chi connectivity index (χ4n) is 2.47. The Labute approximate surface area is 105 Å². The lowest BCUT2D eigenvalue weighted by Crippen LogP contribution is -2.02. The van der Waals surface area contributed by atoms with Crippen LogP contribution in [-0.4, -0.2) is 21.7 Å². The second-order valence-electron chi connectivity index (χ2n) is 4.48. The van der Waals surface area contributed by atoms with E-state index >= 15 is 0 Å². The summed E-state index contributed by atoms with van der Waals surface area (Å²) >= 11 is 0. The van der Waals surface area contributed by atoms with Gasteiger partial charge in [0, 0.05) is 22.2 Å². The Hall–Kier alpha value is -2.07. The normalized spacial score (nSPS) is 11.2. The highest BCUT2D eigenvalue weighted by Crippen LogP contribution is 2.32. The average molecular weight is 240 g/mol. The molecule has 0 saturated carbocycles. The highest BCUT2D eigenvalue weighted by Gasteiger charge is 2.14. The predicted octanol–water partition coefficient (Wildman–Crippen LogP) is 2.37. The molecule has 0 aliphatic heterocycles. The molecule has 0 unspecified atom stereocenters. The molecule has 0 fully saturated rings. The van der Waals surface area contributed by atoms with Gasteiger partial charge in [-0.2, -0.15) is 5.10 Å². The molecule has 0 amide bonds. The van der Waals surface area contributed by atoms with Gasteiger partial charge >= 0.3 is 0 Å². The fourth-order valence-corrected chi connectivity index (χ4v) is 2.47. The maximum atomic E-state index is 5.64. The summed E-state index contributed by atoms with van der Waals surface area (Å²) in [7, 11) is 0. The monoisotopic (exact) mass is 240 g/mol. The molecule has 3 rings (SSSR count). The smallest absolute Gasteiger partial charge is 0.0706 e. The Balaban J connectivity index is 2.24. The van der Waals surface area contributed by atoms with Crippen molar-refractivity contribution < 1.29 is 0 Å². The summed E-state index contributed by atoms with van der Waals surface area (Å²) < 4.78 is 0. The van der Waals surface area contributed by atoms with Gasteiger partial charge in [-0.05, 0) is 31.5 Å². The number of nitrogens with zero attached hydrogens (tertiary/aromatic N) is 1. The molecule has 92 valence electrons. The number of nitrogens with two attached hydrogens (primary N) is 1. The molecule has 3 aromatic rings. The highest BCUT2D eigenvalue weighted by molar-refractivity contribution is 5.97. The van der Waals surface area contributed by atoms with Gasteiger partial charge in [0.05, 0.1) is 11.9 Å². The Morgan fingerprint density at radius 2 is 2.11 bits per heavy atom. The SMILES string of the molecule is Cc1[nH]c2ccccc2c1-c1[nH]ncc1CCN. The maximum absolute atomic E-state index is 5.64. The third kappa shape index (κ3) is 1.62. The molecule has 0 atom stereocenters. The van der Waals surface area contributed by atoms with Crippen LogP contribution in [-0.2, 0) is 6.42 Å². The number of rotatable bonds is 3. The number of aromatic amines is 2. The van der Waals surface area contributed by atoms with Crippen molar-refractivity contribution in [2.24, 2.45) is 5.73 Å². The molecule has 0 aliphatic carbocycles. The number of hydrogen-bond acceptors (Lipinski definition) is 2. The summed E-state index contributed by atoms with van der Waals surface area (Å²) in [5.41, 5.74) is 11.4. The quantitative estimate of drug-likeness (QED) is 0.657. The minimum Gasteiger partial charge on any atom is -0.358 e. The first kappa shape index (κ1) is 11.0. The number of aromatic nitrogens is 3. The van der Waals surface area contributed by atoms with Crippen LogP contribution in [0.3, 0.4) is 0 Å². The summed E-state index contributed by atoms with van der Waals surface area (Å²) in [4.78, 5) is 3.41. The molecule has 0 aliphatic rings. The molecule has 4 heteroatoms. The summed E-state index contributed by atoms with van der Waals surface area (Å²) in [6, 6.07) is 8.31. The number of fused-ring (bicyclic) bond motifs is 1. The lowest BCUT2D eigenvalue weighted by molar-refractivity contribution is 0.971. The molecule has 0 radical (unpaired) electrons. The summed E-state index contributed by atoms with van der Waals surface area (Å²) in [5, 5.41) is 8.47. The van der Waals surface area contributed by atoms with E-state index in [1.165, 1.54) is 16.5 Å². The van der Waals surface area contributed by atoms with E-state index in [4.69, 9.17) is 5.73 Å². The molecular weight excluding hydrogens is 224 g/mol. The van der Waals surface area contributed by atoms with E-state index in [0.717, 1.165) is 23.3 Å². The zero-order valence-corrected chi connectivity index (χ0v) is 10.3. The van der Waals surface area contributed by atoms with Crippen LogP contribution >= 0.6 is 0 Å². The lowest BCUT2D eigenvalue weighted by Gasteiger charge is -2.02. The average Bonchev–Trinajstić information content (AvgIpc) is 2.92. The van der Waals surface area contributed by atoms with Gasteiger partial charge in [-0.25, -0.2) is 0 Å². The van der Waals surface area contributed by atoms with Gasteiger partial charge in [0.25, 0.3) is 0 Å². The van der Waals surface area contributed by atoms with Crippen LogP contribution in [0.2, 0.25) is 0 Å². The van der Waals surface area contributed by atoms with Gasteiger partial charge in [0.2, 0.25) is 0 Å². The highest BCUT2D eigenvalue weighted by atomic mass is 15.1. The minimum atomic E-state index is 0.633. The summed E-state index contributed by atoms with van der Waals surface area (Å²) in [5.74, 6) is 0. The Morgan fingerprint density at radius 3 is 2.94 bits per heavy atom. The first-order valence-electron chi connectivity index (χ1n) is 6.11. The summed E-state index contributed by atoms with van der Waals surface area (Å²) in [6.07, 6.45) is 2.70. The van der Waals surface area contributed by atoms with E-state index in [2.05, 4.69) is 40.3 Å². The molecule has 4 N–H and O–H groups in total. The van der Waals surface area contributed by atoms with Gasteiger partial charge in [-0.1, -0.05) is 18.2 Å². The van der Waals surface area contributed by atoms with Gasteiger partial charge in [0.1, 0.15) is 0 Å². The van der Waals surface area contributed by atoms with E-state index in [-0.39, 0.29) is 0 Å². The van der Waals surface area contributed by atoms with Crippen LogP contribution in [0, 0.1) is 6.92 Å². The van der Waals surface area contributed by atoms with Crippen LogP contribution in [0.4, 0.5) is 0 Å². The van der Waals surface area contributed by atoms with Gasteiger partial charge in [0.15, 0.2) is 0 Å². The third-order valence-electron chi connectivity index (χ3n) is 3.28. The maximum Gasteiger partial charge on any atom is 0.0706 e. The molecule has 1 aromatic carbocycles. The van der Waals surface area contributed by atoms with E-state index in [9.17, 15) is 0 Å². The van der Waals surface area contributed by atoms with Crippen molar-refractivity contribution in [3.63, 3.8) is 0 Å². The number of benzene rings is 1. The van der Waals surface area contributed by atoms with Gasteiger partial charge in [-0.3, -0.25) is 5.10 Å². The molecule has 2 aromatic heterocycles. The van der Waals surface area contributed by atoms with Gasteiger partial charge in [-0.15, -0.1) is 0 Å². The Morgan fingerprint density at radius 1 is 1.28 bits per heavy atom. The van der Waals surface area contributed by atoms with Crippen molar-refractivity contribution in [1.82, 2.24) is 15.2 Å². The Kier molecular flexibility index (Phi) is 2.64. The molecule has 0 spiro atoms. The first-order valence-corrected chi connectivity index (χ1v) is 6.11. The van der Waals surface area contributed by atoms with Crippen molar-refractivity contribution in [2.45, 2.75) is 13.3 Å². The zero-order valence-electron chi connectivity index (χ0n) is 10.3. The first-order chi connectivity index (χ1) is 8.81. The van der Waals surface area contributed by atoms with Crippen molar-refractivity contribution >= 4 is 10.9 Å². The van der Waals surface area contributed by atoms with Gasteiger partial charge < -0.3 is 10.7 Å². The van der Waals surface area contributed by atoms with Crippen molar-refractivity contribution in [1.29, 1.82) is 0 Å². The van der Waals surface area contributed by atoms with Crippen LogP contribution in [0.25, 0.3) is 22.2 Å². The number of para-hydroxylation sites is 1. The zero-order chi connectivity index (χ0) is 12.5. The molecule has 0 saturated heterocycles. The molecular formula is C14H16N4. The van der Waals surface area contributed by atoms with Crippen LogP contribution in [0.15, 0.2) is 30.5 Å². The van der Waals surface area contributed by atoms with Crippen LogP contribution < -0.4 is 5.73 Å². The number of hydrogen-bond donors (Lipinski definition) is 3. The molecule has 18 heavy (non-hydrogen) atoms. The molecule has 2 heterocycles. The van der Waals surface area contributed by atoms with Crippen molar-refractivity contribution in [3.05, 3.63) is 41.7 Å². The molecule has 4 nitrogen and oxygen atoms in total. The topological polar surface area (TPSA) is 70.5 Å². The van der Waals surface area contributed by atoms with Crippen LogP contribution in [0.1, 0.15) is 11.3 Å². The predicted molar refractivity (Wildman–Crippen MR) is 73.4 cm³/mol. The third-order valence-corrected chi connectivity index (χ3v) is 3.28. The fraction of sp³-hybridized carbons (Fsp3) is 0.214. The van der Waals surface area contributed by atoms with Crippen molar-refractivity contribution in [3.8, 4) is 11.3 Å². The number of H-pyrrole nitrogens is 2. The van der Waals surface area contributed by atoms with Crippen molar-refractivity contribution in [2.75, 3.05) is 6.54 Å². The van der Waals surface area contributed by atoms with E-state index in [0.29, 0.717) is 6.54 Å². The standard InChI is InChI=1S/C14H16N4/c1-9-13(11-4-2-3-5-12(11)17-9)14-10(6-7-15)8-16-18-14/h2-5,8,17H,6-7,15H2,1H3,(H,16,18). The minimum absolute atomic E-state index is 0.633. The second kappa shape index (κ2) is 4.31. The number of nitrogens with one attached hydrogen (secondary N) is 2. The lowest BCUT2D eigenvalue weighted by atomic mass is 10.0. The van der Waals surface area contributed by atoms with E-state index in [1.54, 1.807) is 0 Å². The van der Waals surface area contributed by atoms with Crippen LogP contribution in [0.5, 0.6) is 0 Å². The second-order valence-corrected chi connectivity index (χ2v) is 4.48. The van der Waals surface area contributed by atoms with E-state index in [1.807, 2.05) is 12.3 Å². The summed E-state index contributed by atoms with van der Waals surface area (Å²) in [6.45, 7) is 2.72. The largest absolute Gasteiger partial charge is 0.358 e. The number of aryl methyl sites for hydroxylation is 1. The Bertz CT molecular complexity index is 678. The van der Waals surface area contributed by atoms with E-state index < -0.39 is 0 Å².